The van der Waals surface area contributed by atoms with Crippen LogP contribution >= 0.6 is 0 Å². The standard InChI is InChI=1S/C13H21FN2OS/c1-11(2)9-16-18(17,8-7-15)10-12-3-5-13(14)6-4-12/h3-6,11H,7-10,15H2,1-2H3. The predicted molar refractivity (Wildman–Crippen MR) is 74.3 cm³/mol. The van der Waals surface area contributed by atoms with Crippen molar-refractivity contribution in [3.63, 3.8) is 0 Å². The molecule has 0 fully saturated rings. The molecule has 0 amide bonds. The molecule has 1 aromatic rings. The van der Waals surface area contributed by atoms with Gasteiger partial charge in [-0.2, -0.15) is 0 Å². The van der Waals surface area contributed by atoms with Gasteiger partial charge in [0.1, 0.15) is 5.82 Å². The van der Waals surface area contributed by atoms with Crippen LogP contribution in [0.2, 0.25) is 0 Å². The summed E-state index contributed by atoms with van der Waals surface area (Å²) in [6.45, 7) is 4.98. The molecule has 0 saturated carbocycles. The number of nitrogens with two attached hydrogens (primary N) is 1. The van der Waals surface area contributed by atoms with Gasteiger partial charge in [0, 0.05) is 12.3 Å². The smallest absolute Gasteiger partial charge is 0.123 e. The minimum atomic E-state index is -2.32. The quantitative estimate of drug-likeness (QED) is 0.864. The van der Waals surface area contributed by atoms with Crippen molar-refractivity contribution in [3.05, 3.63) is 35.6 Å². The Hall–Kier alpha value is -0.940. The summed E-state index contributed by atoms with van der Waals surface area (Å²) in [5, 5.41) is 0. The van der Waals surface area contributed by atoms with Crippen molar-refractivity contribution in [1.82, 2.24) is 0 Å². The average molecular weight is 272 g/mol. The Morgan fingerprint density at radius 1 is 1.33 bits per heavy atom. The van der Waals surface area contributed by atoms with Crippen molar-refractivity contribution in [2.24, 2.45) is 16.0 Å². The van der Waals surface area contributed by atoms with Crippen LogP contribution in [0.25, 0.3) is 0 Å². The lowest BCUT2D eigenvalue weighted by Crippen LogP contribution is -2.18. The molecule has 0 saturated heterocycles. The van der Waals surface area contributed by atoms with Crippen molar-refractivity contribution in [2.75, 3.05) is 18.8 Å². The van der Waals surface area contributed by atoms with Gasteiger partial charge in [0.15, 0.2) is 0 Å². The number of hydrogen-bond donors (Lipinski definition) is 1. The molecule has 0 aliphatic carbocycles. The predicted octanol–water partition coefficient (Wildman–Crippen LogP) is 2.41. The maximum atomic E-state index is 12.8. The van der Waals surface area contributed by atoms with Crippen LogP contribution < -0.4 is 5.73 Å². The fourth-order valence-corrected chi connectivity index (χ4v) is 3.51. The monoisotopic (exact) mass is 272 g/mol. The molecule has 1 aromatic carbocycles. The van der Waals surface area contributed by atoms with Gasteiger partial charge in [-0.1, -0.05) is 26.0 Å². The number of hydrogen-bond acceptors (Lipinski definition) is 3. The molecule has 0 bridgehead atoms. The first kappa shape index (κ1) is 15.1. The third-order valence-corrected chi connectivity index (χ3v) is 4.69. The van der Waals surface area contributed by atoms with E-state index in [1.807, 2.05) is 13.8 Å². The number of benzene rings is 1. The molecule has 1 unspecified atom stereocenters. The first-order valence-corrected chi connectivity index (χ1v) is 7.93. The summed E-state index contributed by atoms with van der Waals surface area (Å²) in [6, 6.07) is 6.05. The minimum Gasteiger partial charge on any atom is -0.330 e. The van der Waals surface area contributed by atoms with Gasteiger partial charge >= 0.3 is 0 Å². The van der Waals surface area contributed by atoms with Gasteiger partial charge < -0.3 is 5.73 Å². The highest BCUT2D eigenvalue weighted by atomic mass is 32.2. The SMILES string of the molecule is CC(C)CN=S(=O)(CCN)Cc1ccc(F)cc1. The summed E-state index contributed by atoms with van der Waals surface area (Å²) in [5.74, 6) is 0.814. The third kappa shape index (κ3) is 5.14. The summed E-state index contributed by atoms with van der Waals surface area (Å²) in [7, 11) is -2.32. The van der Waals surface area contributed by atoms with Crippen molar-refractivity contribution in [3.8, 4) is 0 Å². The fraction of sp³-hybridized carbons (Fsp3) is 0.538. The van der Waals surface area contributed by atoms with Gasteiger partial charge in [0.25, 0.3) is 0 Å². The van der Waals surface area contributed by atoms with E-state index in [1.54, 1.807) is 12.1 Å². The van der Waals surface area contributed by atoms with Crippen LogP contribution in [0.3, 0.4) is 0 Å². The Morgan fingerprint density at radius 2 is 1.94 bits per heavy atom. The number of halogens is 1. The molecule has 1 atom stereocenters. The first-order chi connectivity index (χ1) is 8.45. The lowest BCUT2D eigenvalue weighted by molar-refractivity contribution is 0.627. The Bertz CT molecular complexity index is 476. The van der Waals surface area contributed by atoms with Crippen molar-refractivity contribution in [1.29, 1.82) is 0 Å². The van der Waals surface area contributed by atoms with Crippen LogP contribution in [-0.4, -0.2) is 23.1 Å². The second-order valence-electron chi connectivity index (χ2n) is 4.74. The summed E-state index contributed by atoms with van der Waals surface area (Å²) in [4.78, 5) is 0. The summed E-state index contributed by atoms with van der Waals surface area (Å²) >= 11 is 0. The van der Waals surface area contributed by atoms with Gasteiger partial charge in [0.05, 0.1) is 22.0 Å². The third-order valence-electron chi connectivity index (χ3n) is 2.42. The van der Waals surface area contributed by atoms with Crippen LogP contribution in [0.5, 0.6) is 0 Å². The largest absolute Gasteiger partial charge is 0.330 e. The van der Waals surface area contributed by atoms with E-state index in [0.717, 1.165) is 5.56 Å². The van der Waals surface area contributed by atoms with E-state index < -0.39 is 9.73 Å². The normalized spacial score (nSPS) is 14.5. The zero-order valence-electron chi connectivity index (χ0n) is 10.9. The van der Waals surface area contributed by atoms with Crippen LogP contribution in [0.4, 0.5) is 4.39 Å². The summed E-state index contributed by atoms with van der Waals surface area (Å²) in [6.07, 6.45) is 0. The van der Waals surface area contributed by atoms with Crippen LogP contribution in [-0.2, 0) is 15.5 Å². The molecular formula is C13H21FN2OS. The molecular weight excluding hydrogens is 251 g/mol. The zero-order chi connectivity index (χ0) is 13.6. The minimum absolute atomic E-state index is 0.289. The molecule has 102 valence electrons. The maximum Gasteiger partial charge on any atom is 0.123 e. The van der Waals surface area contributed by atoms with Crippen molar-refractivity contribution in [2.45, 2.75) is 19.6 Å². The second-order valence-corrected chi connectivity index (χ2v) is 7.24. The van der Waals surface area contributed by atoms with Crippen LogP contribution in [0, 0.1) is 11.7 Å². The lowest BCUT2D eigenvalue weighted by Gasteiger charge is -2.10. The maximum absolute atomic E-state index is 12.8. The number of nitrogens with zero attached hydrogens (tertiary/aromatic N) is 1. The summed E-state index contributed by atoms with van der Waals surface area (Å²) < 4.78 is 29.7. The Balaban J connectivity index is 2.88. The molecule has 0 heterocycles. The molecule has 0 spiro atoms. The molecule has 3 nitrogen and oxygen atoms in total. The van der Waals surface area contributed by atoms with E-state index in [1.165, 1.54) is 12.1 Å². The van der Waals surface area contributed by atoms with Gasteiger partial charge in [-0.25, -0.2) is 13.0 Å². The molecule has 0 aromatic heterocycles. The van der Waals surface area contributed by atoms with E-state index in [0.29, 0.717) is 30.5 Å². The molecule has 0 aliphatic heterocycles. The van der Waals surface area contributed by atoms with Gasteiger partial charge in [-0.3, -0.25) is 0 Å². The van der Waals surface area contributed by atoms with Gasteiger partial charge in [-0.15, -0.1) is 0 Å². The summed E-state index contributed by atoms with van der Waals surface area (Å²) in [5.41, 5.74) is 6.34. The molecule has 0 aliphatic rings. The van der Waals surface area contributed by atoms with Gasteiger partial charge in [-0.05, 0) is 23.6 Å². The van der Waals surface area contributed by atoms with E-state index in [2.05, 4.69) is 4.36 Å². The van der Waals surface area contributed by atoms with Gasteiger partial charge in [0.2, 0.25) is 0 Å². The molecule has 1 rings (SSSR count). The zero-order valence-corrected chi connectivity index (χ0v) is 11.8. The lowest BCUT2D eigenvalue weighted by atomic mass is 10.2. The van der Waals surface area contributed by atoms with E-state index in [4.69, 9.17) is 5.73 Å². The van der Waals surface area contributed by atoms with Crippen LogP contribution in [0.1, 0.15) is 19.4 Å². The molecule has 2 N–H and O–H groups in total. The highest BCUT2D eigenvalue weighted by Crippen LogP contribution is 2.11. The average Bonchev–Trinajstić information content (AvgIpc) is 2.30. The number of rotatable bonds is 6. The second kappa shape index (κ2) is 6.85. The topological polar surface area (TPSA) is 55.5 Å². The highest BCUT2D eigenvalue weighted by molar-refractivity contribution is 7.92. The van der Waals surface area contributed by atoms with E-state index in [-0.39, 0.29) is 5.82 Å². The fourth-order valence-electron chi connectivity index (χ4n) is 1.49. The highest BCUT2D eigenvalue weighted by Gasteiger charge is 2.10. The van der Waals surface area contributed by atoms with Crippen molar-refractivity contribution >= 4 is 9.73 Å². The van der Waals surface area contributed by atoms with E-state index >= 15 is 0 Å². The van der Waals surface area contributed by atoms with Crippen molar-refractivity contribution < 1.29 is 8.60 Å². The van der Waals surface area contributed by atoms with Crippen LogP contribution in [0.15, 0.2) is 28.6 Å². The molecule has 5 heteroatoms. The Labute approximate surface area is 109 Å². The van der Waals surface area contributed by atoms with E-state index in [9.17, 15) is 8.60 Å². The molecule has 18 heavy (non-hydrogen) atoms. The first-order valence-electron chi connectivity index (χ1n) is 6.08. The Kier molecular flexibility index (Phi) is 5.75. The Morgan fingerprint density at radius 3 is 2.44 bits per heavy atom. The molecule has 0 radical (unpaired) electrons.